The monoisotopic (exact) mass is 460 g/mol. The minimum absolute atomic E-state index is 0.258. The molecule has 5 rings (SSSR count). The molecule has 178 valence electrons. The van der Waals surface area contributed by atoms with Gasteiger partial charge < -0.3 is 19.9 Å². The largest absolute Gasteiger partial charge is 0.449 e. The van der Waals surface area contributed by atoms with Gasteiger partial charge in [-0.05, 0) is 87.0 Å². The number of aromatic nitrogens is 1. The lowest BCUT2D eigenvalue weighted by molar-refractivity contribution is 0.155. The Hall–Kier alpha value is -3.32. The van der Waals surface area contributed by atoms with Crippen molar-refractivity contribution in [3.05, 3.63) is 60.3 Å². The van der Waals surface area contributed by atoms with Crippen LogP contribution in [0, 0.1) is 0 Å². The zero-order valence-electron chi connectivity index (χ0n) is 19.6. The molecule has 34 heavy (non-hydrogen) atoms. The minimum Gasteiger partial charge on any atom is -0.449 e. The number of fused-ring (bicyclic) bond motifs is 2. The van der Waals surface area contributed by atoms with E-state index < -0.39 is 12.1 Å². The van der Waals surface area contributed by atoms with Crippen LogP contribution in [-0.2, 0) is 4.74 Å². The summed E-state index contributed by atoms with van der Waals surface area (Å²) in [5.41, 5.74) is 3.50. The fourth-order valence-electron chi connectivity index (χ4n) is 5.38. The highest BCUT2D eigenvalue weighted by atomic mass is 16.6. The van der Waals surface area contributed by atoms with Gasteiger partial charge in [-0.15, -0.1) is 0 Å². The van der Waals surface area contributed by atoms with Crippen molar-refractivity contribution in [1.29, 1.82) is 0 Å². The first kappa shape index (κ1) is 22.5. The Balaban J connectivity index is 1.37. The third-order valence-electron chi connectivity index (χ3n) is 7.06. The predicted molar refractivity (Wildman–Crippen MR) is 134 cm³/mol. The number of carbonyl (C=O) groups excluding carboxylic acids is 2. The van der Waals surface area contributed by atoms with E-state index in [9.17, 15) is 9.59 Å². The van der Waals surface area contributed by atoms with E-state index in [1.807, 2.05) is 31.2 Å². The molecule has 0 radical (unpaired) electrons. The van der Waals surface area contributed by atoms with E-state index in [1.165, 1.54) is 31.4 Å². The van der Waals surface area contributed by atoms with Gasteiger partial charge in [-0.2, -0.15) is 4.90 Å². The first-order valence-electron chi connectivity index (χ1n) is 12.3. The van der Waals surface area contributed by atoms with Gasteiger partial charge >= 0.3 is 12.1 Å². The van der Waals surface area contributed by atoms with Crippen molar-refractivity contribution in [2.45, 2.75) is 51.0 Å². The molecule has 2 aliphatic heterocycles. The molecule has 0 spiro atoms. The van der Waals surface area contributed by atoms with Gasteiger partial charge in [-0.25, -0.2) is 9.59 Å². The van der Waals surface area contributed by atoms with E-state index in [0.717, 1.165) is 28.8 Å². The van der Waals surface area contributed by atoms with E-state index in [0.29, 0.717) is 29.8 Å². The normalized spacial score (nSPS) is 20.1. The number of carbonyl (C=O) groups is 2. The van der Waals surface area contributed by atoms with Crippen molar-refractivity contribution in [3.8, 4) is 0 Å². The minimum atomic E-state index is -0.683. The van der Waals surface area contributed by atoms with Gasteiger partial charge in [0.25, 0.3) is 0 Å². The van der Waals surface area contributed by atoms with Crippen LogP contribution in [0.25, 0.3) is 10.9 Å². The van der Waals surface area contributed by atoms with Crippen LogP contribution in [0.5, 0.6) is 0 Å². The maximum Gasteiger partial charge on any atom is 0.422 e. The van der Waals surface area contributed by atoms with Gasteiger partial charge in [0, 0.05) is 28.8 Å². The molecule has 3 aromatic rings. The first-order valence-corrected chi connectivity index (χ1v) is 12.3. The molecule has 2 unspecified atom stereocenters. The summed E-state index contributed by atoms with van der Waals surface area (Å²) in [7, 11) is 0. The molecular formula is C27H32N4O3. The Morgan fingerprint density at radius 2 is 2.00 bits per heavy atom. The zero-order valence-corrected chi connectivity index (χ0v) is 19.6. The number of H-pyrrole nitrogens is 1. The summed E-state index contributed by atoms with van der Waals surface area (Å²) in [6.45, 7) is 4.57. The highest BCUT2D eigenvalue weighted by Crippen LogP contribution is 2.39. The van der Waals surface area contributed by atoms with Crippen molar-refractivity contribution in [3.63, 3.8) is 0 Å². The average Bonchev–Trinajstić information content (AvgIpc) is 3.49. The molecule has 7 heteroatoms. The van der Waals surface area contributed by atoms with E-state index in [-0.39, 0.29) is 6.61 Å². The number of urea groups is 1. The number of imide groups is 1. The van der Waals surface area contributed by atoms with Crippen molar-refractivity contribution in [2.75, 3.05) is 29.9 Å². The summed E-state index contributed by atoms with van der Waals surface area (Å²) in [4.78, 5) is 33.0. The number of anilines is 2. The molecule has 2 aromatic carbocycles. The van der Waals surface area contributed by atoms with Crippen molar-refractivity contribution >= 4 is 34.4 Å². The standard InChI is InChI=1S/C27H32N4O3/c1-2-15-34-27(33)31(21-7-4-3-5-8-21)26(32)29-20-10-11-25-23(17-20)24(18-28-25)19-12-14-30-13-6-9-22(30)16-19/h3-5,7-8,10-11,17-19,22,28H,2,6,9,12-16H2,1H3,(H,29,32). The molecule has 2 atom stereocenters. The highest BCUT2D eigenvalue weighted by Gasteiger charge is 2.33. The van der Waals surface area contributed by atoms with Gasteiger partial charge in [0.05, 0.1) is 12.3 Å². The molecule has 2 N–H and O–H groups in total. The van der Waals surface area contributed by atoms with Crippen molar-refractivity contribution in [1.82, 2.24) is 9.88 Å². The van der Waals surface area contributed by atoms with Crippen LogP contribution in [0.1, 0.15) is 50.5 Å². The van der Waals surface area contributed by atoms with Gasteiger partial charge in [0.15, 0.2) is 0 Å². The summed E-state index contributed by atoms with van der Waals surface area (Å²) in [5.74, 6) is 0.517. The van der Waals surface area contributed by atoms with E-state index >= 15 is 0 Å². The Morgan fingerprint density at radius 1 is 1.15 bits per heavy atom. The molecule has 2 aliphatic rings. The van der Waals surface area contributed by atoms with E-state index in [1.54, 1.807) is 24.3 Å². The topological polar surface area (TPSA) is 77.7 Å². The molecule has 0 aliphatic carbocycles. The third-order valence-corrected chi connectivity index (χ3v) is 7.06. The van der Waals surface area contributed by atoms with E-state index in [2.05, 4.69) is 21.4 Å². The Morgan fingerprint density at radius 3 is 2.82 bits per heavy atom. The van der Waals surface area contributed by atoms with Gasteiger partial charge in [0.2, 0.25) is 0 Å². The van der Waals surface area contributed by atoms with Gasteiger partial charge in [0.1, 0.15) is 0 Å². The molecule has 3 heterocycles. The van der Waals surface area contributed by atoms with E-state index in [4.69, 9.17) is 4.74 Å². The second-order valence-electron chi connectivity index (χ2n) is 9.27. The smallest absolute Gasteiger partial charge is 0.422 e. The number of piperidine rings is 1. The molecule has 2 saturated heterocycles. The number of ether oxygens (including phenoxy) is 1. The molecular weight excluding hydrogens is 428 g/mol. The third kappa shape index (κ3) is 4.53. The summed E-state index contributed by atoms with van der Waals surface area (Å²) in [6, 6.07) is 14.9. The van der Waals surface area contributed by atoms with Crippen LogP contribution in [0.3, 0.4) is 0 Å². The number of hydrogen-bond acceptors (Lipinski definition) is 4. The van der Waals surface area contributed by atoms with Crippen LogP contribution < -0.4 is 10.2 Å². The van der Waals surface area contributed by atoms with Gasteiger partial charge in [-0.3, -0.25) is 0 Å². The number of para-hydroxylation sites is 1. The molecule has 1 aromatic heterocycles. The summed E-state index contributed by atoms with van der Waals surface area (Å²) < 4.78 is 5.27. The summed E-state index contributed by atoms with van der Waals surface area (Å²) in [6.07, 6.45) is 7.08. The second kappa shape index (κ2) is 9.89. The highest BCUT2D eigenvalue weighted by molar-refractivity contribution is 6.16. The quantitative estimate of drug-likeness (QED) is 0.483. The Kier molecular flexibility index (Phi) is 6.54. The number of aromatic amines is 1. The zero-order chi connectivity index (χ0) is 23.5. The molecule has 0 saturated carbocycles. The Labute approximate surface area is 200 Å². The van der Waals surface area contributed by atoms with Crippen LogP contribution in [0.15, 0.2) is 54.7 Å². The van der Waals surface area contributed by atoms with Crippen LogP contribution in [-0.4, -0.2) is 47.7 Å². The maximum atomic E-state index is 13.2. The number of nitrogens with zero attached hydrogens (tertiary/aromatic N) is 2. The number of nitrogens with one attached hydrogen (secondary N) is 2. The second-order valence-corrected chi connectivity index (χ2v) is 9.27. The molecule has 3 amide bonds. The van der Waals surface area contributed by atoms with Crippen LogP contribution >= 0.6 is 0 Å². The first-order chi connectivity index (χ1) is 16.6. The fraction of sp³-hybridized carbons (Fsp3) is 0.407. The number of hydrogen-bond donors (Lipinski definition) is 2. The average molecular weight is 461 g/mol. The molecule has 0 bridgehead atoms. The molecule has 7 nitrogen and oxygen atoms in total. The molecule has 2 fully saturated rings. The lowest BCUT2D eigenvalue weighted by Crippen LogP contribution is -2.40. The maximum absolute atomic E-state index is 13.2. The SMILES string of the molecule is CCCOC(=O)N(C(=O)Nc1ccc2[nH]cc(C3CCN4CCCC4C3)c2c1)c1ccccc1. The number of rotatable bonds is 5. The lowest BCUT2D eigenvalue weighted by Gasteiger charge is -2.34. The fourth-order valence-corrected chi connectivity index (χ4v) is 5.38. The Bertz CT molecular complexity index is 1160. The number of benzene rings is 2. The van der Waals surface area contributed by atoms with Crippen molar-refractivity contribution < 1.29 is 14.3 Å². The van der Waals surface area contributed by atoms with Crippen LogP contribution in [0.4, 0.5) is 21.0 Å². The van der Waals surface area contributed by atoms with Gasteiger partial charge in [-0.1, -0.05) is 25.1 Å². The van der Waals surface area contributed by atoms with Crippen molar-refractivity contribution in [2.24, 2.45) is 0 Å². The summed E-state index contributed by atoms with van der Waals surface area (Å²) in [5, 5.41) is 4.04. The summed E-state index contributed by atoms with van der Waals surface area (Å²) >= 11 is 0. The van der Waals surface area contributed by atoms with Crippen LogP contribution in [0.2, 0.25) is 0 Å². The number of amides is 3. The predicted octanol–water partition coefficient (Wildman–Crippen LogP) is 6.09. The lowest BCUT2D eigenvalue weighted by atomic mass is 9.85.